The van der Waals surface area contributed by atoms with Gasteiger partial charge in [-0.05, 0) is 31.8 Å². The van der Waals surface area contributed by atoms with E-state index >= 15 is 0 Å². The lowest BCUT2D eigenvalue weighted by molar-refractivity contribution is 0.283. The average Bonchev–Trinajstić information content (AvgIpc) is 3.23. The van der Waals surface area contributed by atoms with Gasteiger partial charge < -0.3 is 10.4 Å². The average molecular weight is 375 g/mol. The number of rotatable bonds is 3. The van der Waals surface area contributed by atoms with Gasteiger partial charge in [0.05, 0.1) is 11.8 Å². The van der Waals surface area contributed by atoms with E-state index < -0.39 is 0 Å². The summed E-state index contributed by atoms with van der Waals surface area (Å²) in [6.45, 7) is 0. The van der Waals surface area contributed by atoms with E-state index in [1.807, 2.05) is 0 Å². The number of hydrogen-bond acceptors (Lipinski definition) is 7. The fourth-order valence-electron chi connectivity index (χ4n) is 4.09. The summed E-state index contributed by atoms with van der Waals surface area (Å²) in [6.07, 6.45) is 16.4. The second-order valence-corrected chi connectivity index (χ2v) is 7.44. The molecule has 0 amide bonds. The lowest BCUT2D eigenvalue weighted by Crippen LogP contribution is -2.46. The van der Waals surface area contributed by atoms with Gasteiger partial charge in [0.1, 0.15) is 23.6 Å². The summed E-state index contributed by atoms with van der Waals surface area (Å²) >= 11 is 0. The Bertz CT molecular complexity index is 984. The normalized spacial score (nSPS) is 23.1. The van der Waals surface area contributed by atoms with Gasteiger partial charge in [-0.2, -0.15) is 0 Å². The molecule has 0 saturated carbocycles. The van der Waals surface area contributed by atoms with Crippen molar-refractivity contribution in [3.63, 3.8) is 0 Å². The number of hydrogen-bond donors (Lipinski definition) is 2. The summed E-state index contributed by atoms with van der Waals surface area (Å²) < 4.78 is 1.71. The minimum absolute atomic E-state index is 0.0535. The summed E-state index contributed by atoms with van der Waals surface area (Å²) in [4.78, 5) is 12.7. The molecule has 0 radical (unpaired) electrons. The summed E-state index contributed by atoms with van der Waals surface area (Å²) in [5, 5.41) is 22.5. The highest BCUT2D eigenvalue weighted by molar-refractivity contribution is 5.63. The largest absolute Gasteiger partial charge is 0.507 e. The molecule has 2 N–H and O–H groups in total. The van der Waals surface area contributed by atoms with Crippen molar-refractivity contribution < 1.29 is 5.11 Å². The zero-order valence-electron chi connectivity index (χ0n) is 15.4. The molecule has 3 aromatic heterocycles. The van der Waals surface area contributed by atoms with Gasteiger partial charge in [-0.15, -0.1) is 10.2 Å². The SMILES string of the molecule is Oc1cc(-n2ccnc2)ncc1-c1ncc(/C=C2\C[C@H]3CCC[C@@H](C2)N3)nn1. The van der Waals surface area contributed by atoms with Crippen molar-refractivity contribution in [1.82, 2.24) is 35.0 Å². The third-order valence-corrected chi connectivity index (χ3v) is 5.40. The van der Waals surface area contributed by atoms with Crippen LogP contribution in [0.15, 0.2) is 42.8 Å². The Balaban J connectivity index is 1.36. The van der Waals surface area contributed by atoms with Gasteiger partial charge in [0.2, 0.25) is 0 Å². The van der Waals surface area contributed by atoms with Crippen LogP contribution in [0, 0.1) is 0 Å². The van der Waals surface area contributed by atoms with Crippen LogP contribution in [0.3, 0.4) is 0 Å². The molecule has 8 nitrogen and oxygen atoms in total. The second kappa shape index (κ2) is 7.12. The lowest BCUT2D eigenvalue weighted by atomic mass is 9.83. The van der Waals surface area contributed by atoms with Crippen molar-refractivity contribution in [2.24, 2.45) is 0 Å². The number of aromatic hydroxyl groups is 1. The molecular weight excluding hydrogens is 354 g/mol. The predicted molar refractivity (Wildman–Crippen MR) is 104 cm³/mol. The van der Waals surface area contributed by atoms with Crippen LogP contribution >= 0.6 is 0 Å². The number of fused-ring (bicyclic) bond motifs is 2. The summed E-state index contributed by atoms with van der Waals surface area (Å²) in [5.41, 5.74) is 2.61. The molecule has 2 aliphatic heterocycles. The maximum Gasteiger partial charge on any atom is 0.187 e. The van der Waals surface area contributed by atoms with Crippen LogP contribution in [-0.4, -0.2) is 46.9 Å². The Hall–Kier alpha value is -3.13. The standard InChI is InChI=1S/C20H21N7O/c28-18-9-19(27-5-4-21-12-27)22-11-17(18)20-23-10-16(25-26-20)8-13-6-14-2-1-3-15(7-13)24-14/h4-5,8-12,14-15,24H,1-3,6-7H2,(H,22,28)/b13-8-/t14-,15+/m0/s1. The zero-order valence-corrected chi connectivity index (χ0v) is 15.4. The minimum atomic E-state index is 0.0535. The summed E-state index contributed by atoms with van der Waals surface area (Å²) in [5.74, 6) is 0.980. The number of aromatic nitrogens is 6. The van der Waals surface area contributed by atoms with Gasteiger partial charge in [-0.25, -0.2) is 15.0 Å². The first-order chi connectivity index (χ1) is 13.7. The fraction of sp³-hybridized carbons (Fsp3) is 0.350. The van der Waals surface area contributed by atoms with Crippen LogP contribution in [0.2, 0.25) is 0 Å². The number of nitrogens with zero attached hydrogens (tertiary/aromatic N) is 6. The highest BCUT2D eigenvalue weighted by Gasteiger charge is 2.27. The predicted octanol–water partition coefficient (Wildman–Crippen LogP) is 2.51. The fourth-order valence-corrected chi connectivity index (χ4v) is 4.09. The molecule has 142 valence electrons. The Morgan fingerprint density at radius 1 is 1.11 bits per heavy atom. The molecular formula is C20H21N7O. The van der Waals surface area contributed by atoms with Gasteiger partial charge in [0.25, 0.3) is 0 Å². The van der Waals surface area contributed by atoms with Crippen molar-refractivity contribution >= 4 is 6.08 Å². The van der Waals surface area contributed by atoms with Crippen molar-refractivity contribution in [3.8, 4) is 23.0 Å². The smallest absolute Gasteiger partial charge is 0.187 e. The first kappa shape index (κ1) is 17.0. The molecule has 0 aliphatic carbocycles. The van der Waals surface area contributed by atoms with Crippen LogP contribution in [0.4, 0.5) is 0 Å². The molecule has 2 aliphatic rings. The molecule has 5 rings (SSSR count). The highest BCUT2D eigenvalue weighted by Crippen LogP contribution is 2.30. The maximum absolute atomic E-state index is 10.4. The quantitative estimate of drug-likeness (QED) is 0.725. The molecule has 0 spiro atoms. The molecule has 3 aromatic rings. The number of piperidine rings is 2. The molecule has 0 aromatic carbocycles. The Morgan fingerprint density at radius 3 is 2.64 bits per heavy atom. The van der Waals surface area contributed by atoms with Crippen molar-refractivity contribution in [1.29, 1.82) is 0 Å². The van der Waals surface area contributed by atoms with E-state index in [4.69, 9.17) is 0 Å². The number of pyridine rings is 1. The van der Waals surface area contributed by atoms with E-state index in [1.54, 1.807) is 41.7 Å². The van der Waals surface area contributed by atoms with Gasteiger partial charge >= 0.3 is 0 Å². The Labute approximate surface area is 162 Å². The summed E-state index contributed by atoms with van der Waals surface area (Å²) in [7, 11) is 0. The van der Waals surface area contributed by atoms with Crippen molar-refractivity contribution in [3.05, 3.63) is 48.4 Å². The lowest BCUT2D eigenvalue weighted by Gasteiger charge is -2.37. The van der Waals surface area contributed by atoms with Crippen LogP contribution in [0.25, 0.3) is 23.3 Å². The van der Waals surface area contributed by atoms with Gasteiger partial charge in [-0.1, -0.05) is 12.0 Å². The van der Waals surface area contributed by atoms with E-state index in [0.717, 1.165) is 18.5 Å². The van der Waals surface area contributed by atoms with Gasteiger partial charge in [0.15, 0.2) is 5.82 Å². The van der Waals surface area contributed by atoms with E-state index in [1.165, 1.54) is 24.8 Å². The first-order valence-electron chi connectivity index (χ1n) is 9.57. The molecule has 2 atom stereocenters. The first-order valence-corrected chi connectivity index (χ1v) is 9.57. The van der Waals surface area contributed by atoms with E-state index in [0.29, 0.717) is 29.3 Å². The minimum Gasteiger partial charge on any atom is -0.507 e. The Kier molecular flexibility index (Phi) is 4.32. The van der Waals surface area contributed by atoms with Gasteiger partial charge in [0, 0.05) is 36.7 Å². The molecule has 2 fully saturated rings. The van der Waals surface area contributed by atoms with E-state index in [2.05, 4.69) is 36.5 Å². The second-order valence-electron chi connectivity index (χ2n) is 7.44. The van der Waals surface area contributed by atoms with Gasteiger partial charge in [-0.3, -0.25) is 4.57 Å². The number of nitrogens with one attached hydrogen (secondary N) is 1. The van der Waals surface area contributed by atoms with Crippen molar-refractivity contribution in [2.75, 3.05) is 0 Å². The van der Waals surface area contributed by atoms with Crippen LogP contribution in [0.5, 0.6) is 5.75 Å². The monoisotopic (exact) mass is 375 g/mol. The summed E-state index contributed by atoms with van der Waals surface area (Å²) in [6, 6.07) is 2.75. The molecule has 8 heteroatoms. The van der Waals surface area contributed by atoms with Crippen LogP contribution < -0.4 is 5.32 Å². The van der Waals surface area contributed by atoms with Crippen LogP contribution in [-0.2, 0) is 0 Å². The topological polar surface area (TPSA) is 102 Å². The van der Waals surface area contributed by atoms with Crippen LogP contribution in [0.1, 0.15) is 37.8 Å². The molecule has 2 bridgehead atoms. The molecule has 2 saturated heterocycles. The number of imidazole rings is 1. The highest BCUT2D eigenvalue weighted by atomic mass is 16.3. The van der Waals surface area contributed by atoms with Crippen molar-refractivity contribution in [2.45, 2.75) is 44.2 Å². The molecule has 0 unspecified atom stereocenters. The van der Waals surface area contributed by atoms with E-state index in [9.17, 15) is 5.11 Å². The zero-order chi connectivity index (χ0) is 18.9. The third kappa shape index (κ3) is 3.38. The molecule has 28 heavy (non-hydrogen) atoms. The van der Waals surface area contributed by atoms with E-state index in [-0.39, 0.29) is 5.75 Å². The Morgan fingerprint density at radius 2 is 1.96 bits per heavy atom. The molecule has 5 heterocycles. The third-order valence-electron chi connectivity index (χ3n) is 5.40. The maximum atomic E-state index is 10.4.